The van der Waals surface area contributed by atoms with Crippen LogP contribution in [0.2, 0.25) is 0 Å². The average molecular weight is 662 g/mol. The van der Waals surface area contributed by atoms with Crippen molar-refractivity contribution in [1.29, 1.82) is 0 Å². The Morgan fingerprint density at radius 3 is 2.81 bits per heavy atom. The summed E-state index contributed by atoms with van der Waals surface area (Å²) < 4.78 is 77.5. The maximum atomic E-state index is 13.3. The van der Waals surface area contributed by atoms with Gasteiger partial charge in [0.05, 0.1) is 32.6 Å². The molecule has 0 bridgehead atoms. The summed E-state index contributed by atoms with van der Waals surface area (Å²) in [5, 5.41) is 14.9. The van der Waals surface area contributed by atoms with Crippen LogP contribution in [0.1, 0.15) is 19.5 Å². The van der Waals surface area contributed by atoms with Gasteiger partial charge in [-0.2, -0.15) is 13.2 Å². The van der Waals surface area contributed by atoms with Crippen molar-refractivity contribution in [3.05, 3.63) is 71.5 Å². The van der Waals surface area contributed by atoms with Crippen LogP contribution in [0, 0.1) is 0 Å². The van der Waals surface area contributed by atoms with E-state index >= 15 is 0 Å². The van der Waals surface area contributed by atoms with Crippen molar-refractivity contribution in [1.82, 2.24) is 25.0 Å². The number of nitrogens with one attached hydrogen (secondary N) is 1. The molecular weight excluding hydrogens is 627 g/mol. The number of halogens is 3. The van der Waals surface area contributed by atoms with Gasteiger partial charge in [-0.15, -0.1) is 11.7 Å². The molecule has 5 atom stereocenters. The van der Waals surface area contributed by atoms with Gasteiger partial charge in [0.1, 0.15) is 48.1 Å². The normalized spacial score (nSPS) is 23.5. The molecule has 15 nitrogen and oxygen atoms in total. The number of rotatable bonds is 15. The number of hydrogen-bond donors (Lipinski definition) is 1. The standard InChI is InChI=1S/C29H34F3N9O6/c1-4-11-44-26-23(37-27-34-9-8-22(36-27)29(30,31)32)25-24(46-28(2,3)47-25)21(45-26)17-41-16-20(38-40-41)18-6-5-7-19(15-18)43-14-13-42-12-10-35-39-33/h4-9,15-16,21,23-26H,1,10-14,17H2,2-3H3,(H,34,36,37)/t21-,23-,24+,25-,26+/m1/s1. The number of anilines is 1. The zero-order valence-corrected chi connectivity index (χ0v) is 25.6. The van der Waals surface area contributed by atoms with Crippen LogP contribution in [0.5, 0.6) is 5.75 Å². The van der Waals surface area contributed by atoms with E-state index in [4.69, 9.17) is 34.0 Å². The Labute approximate surface area is 267 Å². The summed E-state index contributed by atoms with van der Waals surface area (Å²) in [5.41, 5.74) is 8.55. The minimum atomic E-state index is -4.65. The van der Waals surface area contributed by atoms with Crippen molar-refractivity contribution in [2.75, 3.05) is 38.3 Å². The molecule has 0 radical (unpaired) electrons. The van der Waals surface area contributed by atoms with E-state index in [0.29, 0.717) is 31.3 Å². The Morgan fingerprint density at radius 1 is 1.19 bits per heavy atom. The monoisotopic (exact) mass is 661 g/mol. The first-order chi connectivity index (χ1) is 22.6. The van der Waals surface area contributed by atoms with Gasteiger partial charge in [-0.05, 0) is 37.6 Å². The van der Waals surface area contributed by atoms with Crippen LogP contribution in [0.25, 0.3) is 21.7 Å². The number of fused-ring (bicyclic) bond motifs is 1. The lowest BCUT2D eigenvalue weighted by molar-refractivity contribution is -0.235. The van der Waals surface area contributed by atoms with Crippen LogP contribution in [0.4, 0.5) is 19.1 Å². The maximum Gasteiger partial charge on any atom is 0.433 e. The molecule has 1 N–H and O–H groups in total. The van der Waals surface area contributed by atoms with Crippen molar-refractivity contribution in [2.24, 2.45) is 5.11 Å². The molecule has 5 rings (SSSR count). The van der Waals surface area contributed by atoms with Crippen molar-refractivity contribution in [3.8, 4) is 17.0 Å². The van der Waals surface area contributed by atoms with Crippen LogP contribution < -0.4 is 10.1 Å². The van der Waals surface area contributed by atoms with Crippen LogP contribution >= 0.6 is 0 Å². The summed E-state index contributed by atoms with van der Waals surface area (Å²) >= 11 is 0. The van der Waals surface area contributed by atoms with Crippen LogP contribution in [-0.4, -0.2) is 94.4 Å². The van der Waals surface area contributed by atoms with Gasteiger partial charge in [0, 0.05) is 23.2 Å². The molecule has 2 aliphatic heterocycles. The van der Waals surface area contributed by atoms with E-state index in [0.717, 1.165) is 17.8 Å². The molecule has 4 heterocycles. The van der Waals surface area contributed by atoms with Gasteiger partial charge >= 0.3 is 6.18 Å². The second-order valence-corrected chi connectivity index (χ2v) is 10.9. The van der Waals surface area contributed by atoms with Crippen molar-refractivity contribution in [2.45, 2.75) is 63.0 Å². The van der Waals surface area contributed by atoms with E-state index in [1.165, 1.54) is 6.08 Å². The topological polar surface area (TPSA) is 173 Å². The van der Waals surface area contributed by atoms with E-state index in [2.05, 4.69) is 42.2 Å². The molecule has 2 aliphatic rings. The zero-order valence-electron chi connectivity index (χ0n) is 25.6. The molecule has 3 aromatic rings. The lowest BCUT2D eigenvalue weighted by Crippen LogP contribution is -2.60. The number of azide groups is 1. The first-order valence-corrected chi connectivity index (χ1v) is 14.7. The third-order valence-electron chi connectivity index (χ3n) is 7.04. The highest BCUT2D eigenvalue weighted by Gasteiger charge is 2.56. The van der Waals surface area contributed by atoms with Crippen molar-refractivity contribution in [3.63, 3.8) is 0 Å². The highest BCUT2D eigenvalue weighted by Crippen LogP contribution is 2.39. The van der Waals surface area contributed by atoms with Crippen LogP contribution in [0.15, 0.2) is 60.5 Å². The van der Waals surface area contributed by atoms with Crippen LogP contribution in [0.3, 0.4) is 0 Å². The van der Waals surface area contributed by atoms with Gasteiger partial charge < -0.3 is 33.7 Å². The molecule has 2 aromatic heterocycles. The lowest BCUT2D eigenvalue weighted by Gasteiger charge is -2.42. The van der Waals surface area contributed by atoms with E-state index in [9.17, 15) is 13.2 Å². The molecule has 2 fully saturated rings. The number of nitrogens with zero attached hydrogens (tertiary/aromatic N) is 8. The quantitative estimate of drug-likeness (QED) is 0.0805. The minimum Gasteiger partial charge on any atom is -0.491 e. The Morgan fingerprint density at radius 2 is 2.02 bits per heavy atom. The Hall–Kier alpha value is -4.32. The molecule has 252 valence electrons. The van der Waals surface area contributed by atoms with Gasteiger partial charge in [-0.3, -0.25) is 0 Å². The molecule has 47 heavy (non-hydrogen) atoms. The highest BCUT2D eigenvalue weighted by atomic mass is 19.4. The van der Waals surface area contributed by atoms with Gasteiger partial charge in [-0.1, -0.05) is 28.5 Å². The molecule has 0 unspecified atom stereocenters. The number of ether oxygens (including phenoxy) is 6. The number of alkyl halides is 3. The summed E-state index contributed by atoms with van der Waals surface area (Å²) in [6, 6.07) is 7.27. The zero-order chi connectivity index (χ0) is 33.4. The van der Waals surface area contributed by atoms with Crippen molar-refractivity contribution < 1.29 is 41.6 Å². The Kier molecular flexibility index (Phi) is 10.9. The highest BCUT2D eigenvalue weighted by molar-refractivity contribution is 5.59. The van der Waals surface area contributed by atoms with Gasteiger partial charge in [-0.25, -0.2) is 14.6 Å². The van der Waals surface area contributed by atoms with E-state index in [-0.39, 0.29) is 25.6 Å². The second kappa shape index (κ2) is 15.1. The lowest BCUT2D eigenvalue weighted by atomic mass is 9.96. The molecule has 18 heteroatoms. The van der Waals surface area contributed by atoms with Crippen molar-refractivity contribution >= 4 is 5.95 Å². The van der Waals surface area contributed by atoms with E-state index < -0.39 is 48.3 Å². The second-order valence-electron chi connectivity index (χ2n) is 10.9. The third-order valence-corrected chi connectivity index (χ3v) is 7.04. The summed E-state index contributed by atoms with van der Waals surface area (Å²) in [6.45, 7) is 8.62. The Balaban J connectivity index is 1.29. The third kappa shape index (κ3) is 8.94. The molecule has 2 saturated heterocycles. The molecule has 1 aromatic carbocycles. The molecular formula is C29H34F3N9O6. The fourth-order valence-corrected chi connectivity index (χ4v) is 5.13. The first-order valence-electron chi connectivity index (χ1n) is 14.7. The van der Waals surface area contributed by atoms with E-state index in [1.54, 1.807) is 30.8 Å². The van der Waals surface area contributed by atoms with Gasteiger partial charge in [0.25, 0.3) is 0 Å². The average Bonchev–Trinajstić information content (AvgIpc) is 3.64. The van der Waals surface area contributed by atoms with E-state index in [1.807, 2.05) is 18.2 Å². The SMILES string of the molecule is C=CCO[C@H]1O[C@H](Cn2cc(-c3cccc(OCCOCCN=[N+]=[N-])c3)nn2)[C@@H]2OC(C)(C)O[C@@H]2[C@H]1Nc1nccc(C(F)(F)F)n1. The first kappa shape index (κ1) is 34.0. The summed E-state index contributed by atoms with van der Waals surface area (Å²) in [7, 11) is 0. The molecule has 0 amide bonds. The summed E-state index contributed by atoms with van der Waals surface area (Å²) in [4.78, 5) is 10.3. The number of hydrogen-bond acceptors (Lipinski definition) is 12. The summed E-state index contributed by atoms with van der Waals surface area (Å²) in [6.07, 6.45) is -3.41. The largest absolute Gasteiger partial charge is 0.491 e. The predicted octanol–water partition coefficient (Wildman–Crippen LogP) is 4.39. The number of benzene rings is 1. The fraction of sp³-hybridized carbons (Fsp3) is 0.517. The Bertz CT molecular complexity index is 1550. The molecule has 0 spiro atoms. The smallest absolute Gasteiger partial charge is 0.433 e. The van der Waals surface area contributed by atoms with Crippen LogP contribution in [-0.2, 0) is 36.4 Å². The minimum absolute atomic E-state index is 0.0917. The molecule has 0 aliphatic carbocycles. The molecule has 0 saturated carbocycles. The predicted molar refractivity (Wildman–Crippen MR) is 159 cm³/mol. The summed E-state index contributed by atoms with van der Waals surface area (Å²) in [5.74, 6) is -0.697. The fourth-order valence-electron chi connectivity index (χ4n) is 5.13. The maximum absolute atomic E-state index is 13.3. The van der Waals surface area contributed by atoms with Gasteiger partial charge in [0.2, 0.25) is 5.95 Å². The number of aromatic nitrogens is 5. The van der Waals surface area contributed by atoms with Gasteiger partial charge in [0.15, 0.2) is 12.1 Å².